The molecule has 0 atom stereocenters. The molecule has 2 heterocycles. The molecule has 2 N–H and O–H groups in total. The highest BCUT2D eigenvalue weighted by atomic mass is 16.5. The van der Waals surface area contributed by atoms with Crippen LogP contribution in [0.1, 0.15) is 5.56 Å². The molecule has 0 saturated heterocycles. The first kappa shape index (κ1) is 15.3. The number of imidazole rings is 1. The lowest BCUT2D eigenvalue weighted by Gasteiger charge is -2.14. The lowest BCUT2D eigenvalue weighted by atomic mass is 10.1. The minimum absolute atomic E-state index is 0.600. The van der Waals surface area contributed by atoms with Crippen LogP contribution < -0.4 is 10.1 Å². The van der Waals surface area contributed by atoms with Crippen LogP contribution in [0.3, 0.4) is 0 Å². The molecule has 2 aromatic heterocycles. The molecular weight excluding hydrogens is 312 g/mol. The van der Waals surface area contributed by atoms with Crippen LogP contribution in [0.5, 0.6) is 5.75 Å². The Morgan fingerprint density at radius 2 is 2.04 bits per heavy atom. The van der Waals surface area contributed by atoms with Crippen LogP contribution in [-0.4, -0.2) is 21.1 Å². The maximum absolute atomic E-state index is 5.95. The van der Waals surface area contributed by atoms with Gasteiger partial charge in [-0.25, -0.2) is 4.98 Å². The number of aromatic nitrogens is 3. The van der Waals surface area contributed by atoms with Gasteiger partial charge in [-0.2, -0.15) is 0 Å². The first-order valence-corrected chi connectivity index (χ1v) is 8.36. The van der Waals surface area contributed by atoms with Crippen molar-refractivity contribution in [2.45, 2.75) is 13.1 Å². The predicted octanol–water partition coefficient (Wildman–Crippen LogP) is 4.06. The van der Waals surface area contributed by atoms with Gasteiger partial charge < -0.3 is 19.6 Å². The molecule has 4 rings (SSSR count). The van der Waals surface area contributed by atoms with E-state index >= 15 is 0 Å². The highest BCUT2D eigenvalue weighted by Gasteiger charge is 2.05. The summed E-state index contributed by atoms with van der Waals surface area (Å²) in [5.74, 6) is 0.865. The van der Waals surface area contributed by atoms with Crippen molar-refractivity contribution in [1.82, 2.24) is 14.5 Å². The first-order valence-electron chi connectivity index (χ1n) is 8.36. The summed E-state index contributed by atoms with van der Waals surface area (Å²) in [5.41, 5.74) is 3.41. The molecular formula is C20H20N4O. The number of rotatable bonds is 7. The van der Waals surface area contributed by atoms with E-state index in [9.17, 15) is 0 Å². The minimum atomic E-state index is 0.600. The molecule has 5 nitrogen and oxygen atoms in total. The predicted molar refractivity (Wildman–Crippen MR) is 99.8 cm³/mol. The van der Waals surface area contributed by atoms with Crippen molar-refractivity contribution >= 4 is 16.6 Å². The fourth-order valence-electron chi connectivity index (χ4n) is 2.91. The molecule has 0 aliphatic carbocycles. The maximum atomic E-state index is 5.95. The van der Waals surface area contributed by atoms with E-state index in [0.29, 0.717) is 6.61 Å². The van der Waals surface area contributed by atoms with Crippen molar-refractivity contribution in [1.29, 1.82) is 0 Å². The molecule has 0 saturated carbocycles. The molecule has 2 aromatic carbocycles. The van der Waals surface area contributed by atoms with Gasteiger partial charge in [0.25, 0.3) is 0 Å². The van der Waals surface area contributed by atoms with E-state index < -0.39 is 0 Å². The summed E-state index contributed by atoms with van der Waals surface area (Å²) in [5, 5.41) is 4.74. The molecule has 0 radical (unpaired) electrons. The van der Waals surface area contributed by atoms with Crippen LogP contribution in [-0.2, 0) is 13.1 Å². The summed E-state index contributed by atoms with van der Waals surface area (Å²) < 4.78 is 7.96. The number of hydrogen-bond donors (Lipinski definition) is 2. The minimum Gasteiger partial charge on any atom is -0.490 e. The number of aromatic amines is 1. The van der Waals surface area contributed by atoms with Crippen LogP contribution in [0.4, 0.5) is 5.69 Å². The van der Waals surface area contributed by atoms with Crippen molar-refractivity contribution in [3.63, 3.8) is 0 Å². The molecule has 4 aromatic rings. The van der Waals surface area contributed by atoms with E-state index in [-0.39, 0.29) is 0 Å². The van der Waals surface area contributed by atoms with E-state index in [1.54, 1.807) is 12.5 Å². The van der Waals surface area contributed by atoms with Gasteiger partial charge in [0.05, 0.1) is 18.6 Å². The number of anilines is 1. The molecule has 0 fully saturated rings. The Morgan fingerprint density at radius 3 is 2.96 bits per heavy atom. The normalized spacial score (nSPS) is 10.9. The van der Waals surface area contributed by atoms with E-state index in [1.165, 1.54) is 10.9 Å². The zero-order chi connectivity index (χ0) is 16.9. The van der Waals surface area contributed by atoms with Crippen LogP contribution >= 0.6 is 0 Å². The first-order chi connectivity index (χ1) is 12.4. The van der Waals surface area contributed by atoms with Gasteiger partial charge in [0.15, 0.2) is 0 Å². The largest absolute Gasteiger partial charge is 0.490 e. The lowest BCUT2D eigenvalue weighted by molar-refractivity contribution is 0.299. The van der Waals surface area contributed by atoms with Crippen molar-refractivity contribution in [2.75, 3.05) is 11.9 Å². The average molecular weight is 332 g/mol. The molecule has 0 aliphatic heterocycles. The van der Waals surface area contributed by atoms with Gasteiger partial charge in [-0.3, -0.25) is 0 Å². The van der Waals surface area contributed by atoms with Gasteiger partial charge in [0, 0.05) is 36.0 Å². The standard InChI is InChI=1S/C20H20N4O/c1-2-7-20(25-13-12-24-11-10-21-15-24)19(5-1)23-14-16-4-3-6-18-17(16)8-9-22-18/h1-11,15,22-23H,12-14H2. The van der Waals surface area contributed by atoms with Gasteiger partial charge >= 0.3 is 0 Å². The van der Waals surface area contributed by atoms with Crippen molar-refractivity contribution < 1.29 is 4.74 Å². The molecule has 0 bridgehead atoms. The SMILES string of the molecule is c1ccc(OCCn2ccnc2)c(NCc2cccc3[nH]ccc23)c1. The Labute approximate surface area is 146 Å². The molecule has 0 spiro atoms. The number of nitrogens with one attached hydrogen (secondary N) is 2. The highest BCUT2D eigenvalue weighted by Crippen LogP contribution is 2.25. The quantitative estimate of drug-likeness (QED) is 0.537. The zero-order valence-electron chi connectivity index (χ0n) is 13.9. The van der Waals surface area contributed by atoms with Crippen LogP contribution in [0.15, 0.2) is 73.4 Å². The number of benzene rings is 2. The summed E-state index contributed by atoms with van der Waals surface area (Å²) in [6, 6.07) is 16.5. The van der Waals surface area contributed by atoms with Gasteiger partial charge in [0.2, 0.25) is 0 Å². The molecule has 0 unspecified atom stereocenters. The van der Waals surface area contributed by atoms with E-state index in [2.05, 4.69) is 39.6 Å². The second-order valence-corrected chi connectivity index (χ2v) is 5.85. The Bertz CT molecular complexity index is 943. The summed E-state index contributed by atoms with van der Waals surface area (Å²) in [6.07, 6.45) is 7.48. The van der Waals surface area contributed by atoms with Crippen molar-refractivity contribution in [3.05, 3.63) is 79.0 Å². The third-order valence-corrected chi connectivity index (χ3v) is 4.21. The number of para-hydroxylation sites is 2. The van der Waals surface area contributed by atoms with Crippen LogP contribution in [0.25, 0.3) is 10.9 Å². The third kappa shape index (κ3) is 3.50. The Balaban J connectivity index is 1.43. The summed E-state index contributed by atoms with van der Waals surface area (Å²) in [6.45, 7) is 2.12. The fourth-order valence-corrected chi connectivity index (χ4v) is 2.91. The summed E-state index contributed by atoms with van der Waals surface area (Å²) >= 11 is 0. The van der Waals surface area contributed by atoms with Gasteiger partial charge in [0.1, 0.15) is 12.4 Å². The monoisotopic (exact) mass is 332 g/mol. The van der Waals surface area contributed by atoms with Crippen molar-refractivity contribution in [3.8, 4) is 5.75 Å². The Morgan fingerprint density at radius 1 is 1.08 bits per heavy atom. The number of fused-ring (bicyclic) bond motifs is 1. The van der Waals surface area contributed by atoms with E-state index in [0.717, 1.165) is 30.0 Å². The highest BCUT2D eigenvalue weighted by molar-refractivity contribution is 5.83. The number of nitrogens with zero attached hydrogens (tertiary/aromatic N) is 2. The fraction of sp³-hybridized carbons (Fsp3) is 0.150. The lowest BCUT2D eigenvalue weighted by Crippen LogP contribution is -2.08. The molecule has 25 heavy (non-hydrogen) atoms. The van der Waals surface area contributed by atoms with E-state index in [4.69, 9.17) is 4.74 Å². The van der Waals surface area contributed by atoms with Crippen molar-refractivity contribution in [2.24, 2.45) is 0 Å². The molecule has 0 aliphatic rings. The molecule has 0 amide bonds. The second-order valence-electron chi connectivity index (χ2n) is 5.85. The average Bonchev–Trinajstić information content (AvgIpc) is 3.32. The van der Waals surface area contributed by atoms with Crippen LogP contribution in [0, 0.1) is 0 Å². The van der Waals surface area contributed by atoms with Gasteiger partial charge in [-0.1, -0.05) is 24.3 Å². The number of ether oxygens (including phenoxy) is 1. The number of hydrogen-bond acceptors (Lipinski definition) is 3. The Kier molecular flexibility index (Phi) is 4.37. The zero-order valence-corrected chi connectivity index (χ0v) is 13.9. The maximum Gasteiger partial charge on any atom is 0.142 e. The number of H-pyrrole nitrogens is 1. The molecule has 126 valence electrons. The smallest absolute Gasteiger partial charge is 0.142 e. The van der Waals surface area contributed by atoms with E-state index in [1.807, 2.05) is 41.2 Å². The van der Waals surface area contributed by atoms with Crippen LogP contribution in [0.2, 0.25) is 0 Å². The summed E-state index contributed by atoms with van der Waals surface area (Å²) in [7, 11) is 0. The molecule has 5 heteroatoms. The summed E-state index contributed by atoms with van der Waals surface area (Å²) in [4.78, 5) is 7.29. The topological polar surface area (TPSA) is 54.9 Å². The Hall–Kier alpha value is -3.21. The third-order valence-electron chi connectivity index (χ3n) is 4.21. The second kappa shape index (κ2) is 7.13. The van der Waals surface area contributed by atoms with Gasteiger partial charge in [-0.05, 0) is 29.8 Å². The van der Waals surface area contributed by atoms with Gasteiger partial charge in [-0.15, -0.1) is 0 Å².